The van der Waals surface area contributed by atoms with E-state index in [1.165, 1.54) is 102 Å². The van der Waals surface area contributed by atoms with Gasteiger partial charge >= 0.3 is 17.1 Å². The first-order chi connectivity index (χ1) is 42.8. The molecule has 7 aliphatic rings. The van der Waals surface area contributed by atoms with Gasteiger partial charge in [-0.1, -0.05) is 176 Å². The summed E-state index contributed by atoms with van der Waals surface area (Å²) in [7, 11) is -2.74. The Hall–Kier alpha value is 0.455. The van der Waals surface area contributed by atoms with Crippen LogP contribution in [0.3, 0.4) is 0 Å². The average Bonchev–Trinajstić information content (AvgIpc) is 1.67. The zero-order valence-electron chi connectivity index (χ0n) is 69.0. The smallest absolute Gasteiger partial charge is 0.411 e. The van der Waals surface area contributed by atoms with E-state index in [2.05, 4.69) is 195 Å². The van der Waals surface area contributed by atoms with E-state index in [0.717, 1.165) is 74.7 Å². The van der Waals surface area contributed by atoms with E-state index < -0.39 is 30.6 Å². The van der Waals surface area contributed by atoms with E-state index in [1.807, 2.05) is 0 Å². The second-order valence-corrected chi connectivity index (χ2v) is 51.6. The molecule has 16 heteroatoms. The number of aliphatic hydroxyl groups is 1. The van der Waals surface area contributed by atoms with Crippen LogP contribution in [-0.2, 0) is 54.0 Å². The van der Waals surface area contributed by atoms with E-state index in [4.69, 9.17) is 42.2 Å². The van der Waals surface area contributed by atoms with E-state index in [1.54, 1.807) is 37.0 Å². The van der Waals surface area contributed by atoms with Crippen molar-refractivity contribution in [2.45, 2.75) is 368 Å². The quantitative estimate of drug-likeness (QED) is 0.0409. The number of ether oxygens (including phenoxy) is 5. The SMILES string of the molecule is CC#N.CCC1(O)[C@H](O[Si](C)(C)C(C)(C)C)CC(=C/C=C2\CCCC3(C)C2CCC3[C@H](C)CCCC(C)(C)OCOC)C[C@H]1O[Si](C)(C)C(C)(C)C.COCOC(C)(C)CCC[C@@H](C)C1CCC2/C(=C/C=C3/C[C@@H](C)C4(CO4)[C@H](O[Si](C)(C)C(C)(C)C)C3)CCCC21C.[CH3-].[Cu+].[Li].[Li]. The summed E-state index contributed by atoms with van der Waals surface area (Å²) in [4.78, 5) is 0. The molecule has 0 amide bonds. The summed E-state index contributed by atoms with van der Waals surface area (Å²) in [5, 5.41) is 20.2. The van der Waals surface area contributed by atoms with Gasteiger partial charge in [-0.2, -0.15) is 5.26 Å². The van der Waals surface area contributed by atoms with Gasteiger partial charge in [-0.05, 0) is 244 Å². The van der Waals surface area contributed by atoms with Gasteiger partial charge in [-0.15, -0.1) is 0 Å². The third kappa shape index (κ3) is 24.2. The van der Waals surface area contributed by atoms with Crippen molar-refractivity contribution >= 4 is 62.7 Å². The van der Waals surface area contributed by atoms with Crippen LogP contribution in [0.5, 0.6) is 0 Å². The molecular formula is C81H150CuLi2NO9Si3. The fourth-order valence-corrected chi connectivity index (χ4v) is 21.4. The van der Waals surface area contributed by atoms with Crippen molar-refractivity contribution in [3.8, 4) is 6.07 Å². The van der Waals surface area contributed by atoms with E-state index in [-0.39, 0.29) is 112 Å². The molecule has 2 radical (unpaired) electrons. The molecule has 6 saturated carbocycles. The minimum Gasteiger partial charge on any atom is -0.411 e. The Morgan fingerprint density at radius 3 is 1.25 bits per heavy atom. The Kier molecular flexibility index (Phi) is 37.7. The molecule has 1 saturated heterocycles. The second-order valence-electron chi connectivity index (χ2n) is 37.3. The fourth-order valence-electron chi connectivity index (χ4n) is 17.4. The van der Waals surface area contributed by atoms with Crippen LogP contribution in [0.15, 0.2) is 46.6 Å². The average molecular weight is 1440 g/mol. The fraction of sp³-hybridized carbons (Fsp3) is 0.877. The molecule has 1 N–H and O–H groups in total. The minimum absolute atomic E-state index is 0. The number of hydrogen-bond donors (Lipinski definition) is 1. The van der Waals surface area contributed by atoms with Crippen LogP contribution in [0.1, 0.15) is 273 Å². The number of allylic oxidation sites excluding steroid dienone is 6. The van der Waals surface area contributed by atoms with Crippen LogP contribution in [0.4, 0.5) is 0 Å². The summed E-state index contributed by atoms with van der Waals surface area (Å²) >= 11 is 0. The summed E-state index contributed by atoms with van der Waals surface area (Å²) in [6, 6.07) is 1.75. The Labute approximate surface area is 637 Å². The molecule has 7 rings (SSSR count). The molecule has 0 aromatic heterocycles. The van der Waals surface area contributed by atoms with Gasteiger partial charge in [0.15, 0.2) is 25.0 Å². The van der Waals surface area contributed by atoms with Crippen molar-refractivity contribution in [2.24, 2.45) is 52.3 Å². The van der Waals surface area contributed by atoms with Gasteiger partial charge in [0, 0.05) is 58.9 Å². The van der Waals surface area contributed by atoms with Crippen LogP contribution < -0.4 is 0 Å². The first kappa shape index (κ1) is 95.5. The predicted molar refractivity (Wildman–Crippen MR) is 416 cm³/mol. The molecule has 0 aromatic rings. The summed E-state index contributed by atoms with van der Waals surface area (Å²) in [5.41, 5.74) is 5.88. The Morgan fingerprint density at radius 1 is 0.598 bits per heavy atom. The summed E-state index contributed by atoms with van der Waals surface area (Å²) in [6.07, 6.45) is 34.5. The predicted octanol–water partition coefficient (Wildman–Crippen LogP) is 22.0. The molecule has 6 aliphatic carbocycles. The molecule has 7 fully saturated rings. The van der Waals surface area contributed by atoms with E-state index in [0.29, 0.717) is 42.7 Å². The van der Waals surface area contributed by atoms with Gasteiger partial charge in [0.2, 0.25) is 0 Å². The number of fused-ring (bicyclic) bond motifs is 2. The van der Waals surface area contributed by atoms with E-state index >= 15 is 0 Å². The van der Waals surface area contributed by atoms with Crippen molar-refractivity contribution in [3.05, 3.63) is 54.0 Å². The molecule has 0 bridgehead atoms. The Balaban J connectivity index is 0.000000907. The maximum Gasteiger partial charge on any atom is 1.00 e. The first-order valence-electron chi connectivity index (χ1n) is 37.5. The number of hydrogen-bond acceptors (Lipinski definition) is 10. The van der Waals surface area contributed by atoms with Gasteiger partial charge in [0.25, 0.3) is 0 Å². The standard InChI is InChI=1S/C42H80O5Si2.C36H64O4Si.C2H3N.CH3.Cu.2Li/c1-17-42(43)36(46-48(13,14)38(3,4)5)28-32(29-37(42)47-49(15,16)39(6,7)8)22-23-33-21-19-27-41(11)34(24-25-35(33)41)31(2)20-18-26-40(9,10)45-30-44-12;1-26(14-12-20-34(6,7)39-25-37-9)30-18-19-31-29(15-13-21-35(30,31)8)17-16-28-22-27(2)36(24-38-36)32(23-28)40-41(10,11)33(3,4)5;1-2-3;;;;/h22-23,31,34-37,43H,17-21,24-30H2,1-16H3;16-17,26-27,30-32H,12-15,18-25H2,1-11H3;1H3;1H3;;;/q;;;-1;+1;;/b32-22?,33-23+;28-16-,29-17+;;;;;/t31-,34?,35?,36-,37-,41?,42?;26-,27-,30?,31?,32-,35?,36?;;;;;/m11...../s1. The molecule has 0 aromatic carbocycles. The molecule has 1 spiro atoms. The molecule has 1 heterocycles. The van der Waals surface area contributed by atoms with Gasteiger partial charge in [-0.3, -0.25) is 0 Å². The van der Waals surface area contributed by atoms with E-state index in [9.17, 15) is 5.11 Å². The van der Waals surface area contributed by atoms with Gasteiger partial charge in [0.05, 0.1) is 42.2 Å². The van der Waals surface area contributed by atoms with Crippen molar-refractivity contribution < 1.29 is 59.1 Å². The molecule has 558 valence electrons. The largest absolute Gasteiger partial charge is 1.00 e. The molecule has 7 unspecified atom stereocenters. The maximum absolute atomic E-state index is 12.5. The normalized spacial score (nSPS) is 32.0. The number of methoxy groups -OCH3 is 2. The molecule has 13 atom stereocenters. The molecule has 10 nitrogen and oxygen atoms in total. The van der Waals surface area contributed by atoms with Crippen LogP contribution in [0, 0.1) is 71.0 Å². The number of nitriles is 1. The third-order valence-electron chi connectivity index (χ3n) is 26.7. The van der Waals surface area contributed by atoms with Crippen LogP contribution in [0.2, 0.25) is 54.4 Å². The van der Waals surface area contributed by atoms with Crippen molar-refractivity contribution in [1.82, 2.24) is 0 Å². The topological polar surface area (TPSA) is 121 Å². The summed E-state index contributed by atoms with van der Waals surface area (Å²) < 4.78 is 49.7. The van der Waals surface area contributed by atoms with Crippen LogP contribution in [-0.4, -0.2) is 143 Å². The van der Waals surface area contributed by atoms with Gasteiger partial charge in [-0.25, -0.2) is 0 Å². The Bertz CT molecular complexity index is 2520. The first-order valence-corrected chi connectivity index (χ1v) is 46.3. The van der Waals surface area contributed by atoms with Crippen molar-refractivity contribution in [2.75, 3.05) is 34.4 Å². The number of nitrogens with zero attached hydrogens (tertiary/aromatic N) is 1. The van der Waals surface area contributed by atoms with Crippen LogP contribution in [0.25, 0.3) is 0 Å². The molecule has 97 heavy (non-hydrogen) atoms. The second kappa shape index (κ2) is 38.3. The Morgan fingerprint density at radius 2 is 0.928 bits per heavy atom. The number of rotatable bonds is 25. The van der Waals surface area contributed by atoms with Gasteiger partial charge < -0.3 is 49.5 Å². The van der Waals surface area contributed by atoms with Gasteiger partial charge in [0.1, 0.15) is 24.8 Å². The van der Waals surface area contributed by atoms with Crippen molar-refractivity contribution in [3.63, 3.8) is 0 Å². The third-order valence-corrected chi connectivity index (χ3v) is 40.2. The monoisotopic (exact) mass is 1440 g/mol. The van der Waals surface area contributed by atoms with Crippen molar-refractivity contribution in [1.29, 1.82) is 5.26 Å². The summed E-state index contributed by atoms with van der Waals surface area (Å²) in [6.45, 7) is 61.5. The summed E-state index contributed by atoms with van der Waals surface area (Å²) in [5.74, 6) is 5.03. The zero-order chi connectivity index (χ0) is 70.2. The number of epoxide rings is 1. The van der Waals surface area contributed by atoms with Crippen LogP contribution >= 0.6 is 0 Å². The zero-order valence-corrected chi connectivity index (χ0v) is 73.0. The molecule has 1 aliphatic heterocycles. The maximum atomic E-state index is 12.5. The molecular weight excluding hydrogens is 1290 g/mol. The minimum atomic E-state index is -2.14.